The summed E-state index contributed by atoms with van der Waals surface area (Å²) in [7, 11) is 3.45. The molecule has 37 heavy (non-hydrogen) atoms. The molecule has 3 heterocycles. The second kappa shape index (κ2) is 10.1. The number of H-pyrrole nitrogens is 1. The lowest BCUT2D eigenvalue weighted by atomic mass is 10.0. The molecule has 5 rings (SSSR count). The zero-order valence-corrected chi connectivity index (χ0v) is 20.8. The Balaban J connectivity index is 1.53. The Kier molecular flexibility index (Phi) is 6.59. The van der Waals surface area contributed by atoms with E-state index in [1.165, 1.54) is 0 Å². The number of aromatic hydroxyl groups is 1. The summed E-state index contributed by atoms with van der Waals surface area (Å²) >= 11 is 0. The lowest BCUT2D eigenvalue weighted by molar-refractivity contribution is 0.0652. The maximum atomic E-state index is 13.9. The lowest BCUT2D eigenvalue weighted by Crippen LogP contribution is -2.52. The normalized spacial score (nSPS) is 13.9. The van der Waals surface area contributed by atoms with Crippen molar-refractivity contribution in [1.82, 2.24) is 29.9 Å². The van der Waals surface area contributed by atoms with Gasteiger partial charge in [0.15, 0.2) is 5.65 Å². The first-order valence-electron chi connectivity index (χ1n) is 12.1. The van der Waals surface area contributed by atoms with E-state index in [-0.39, 0.29) is 17.7 Å². The Morgan fingerprint density at radius 3 is 2.30 bits per heavy atom. The maximum Gasteiger partial charge on any atom is 0.319 e. The Hall–Kier alpha value is -4.66. The number of hydrogen-bond donors (Lipinski definition) is 2. The standard InChI is InChI=1S/C28H28N6O3/c1-32(2)28(37)34-16-14-33(15-17-34)27(36)22-18-24(20-9-11-21(35)12-10-20)29-26-25(22)23(30-31-26)13-8-19-6-4-3-5-7-19/h3-13,18,35H,14-17H2,1-2H3,(H,29,30,31)/b13-8+. The number of rotatable bonds is 4. The molecule has 9 nitrogen and oxygen atoms in total. The van der Waals surface area contributed by atoms with Gasteiger partial charge >= 0.3 is 6.03 Å². The van der Waals surface area contributed by atoms with E-state index in [0.29, 0.717) is 54.2 Å². The number of phenols is 1. The molecule has 0 radical (unpaired) electrons. The van der Waals surface area contributed by atoms with Gasteiger partial charge in [-0.3, -0.25) is 9.89 Å². The summed E-state index contributed by atoms with van der Waals surface area (Å²) in [4.78, 5) is 36.0. The largest absolute Gasteiger partial charge is 0.508 e. The lowest BCUT2D eigenvalue weighted by Gasteiger charge is -2.36. The van der Waals surface area contributed by atoms with E-state index in [9.17, 15) is 14.7 Å². The highest BCUT2D eigenvalue weighted by Crippen LogP contribution is 2.29. The van der Waals surface area contributed by atoms with E-state index in [4.69, 9.17) is 4.98 Å². The summed E-state index contributed by atoms with van der Waals surface area (Å²) in [5.74, 6) is 0.0134. The van der Waals surface area contributed by atoms with E-state index in [1.54, 1.807) is 59.1 Å². The summed E-state index contributed by atoms with van der Waals surface area (Å²) < 4.78 is 0. The number of fused-ring (bicyclic) bond motifs is 1. The number of nitrogens with zero attached hydrogens (tertiary/aromatic N) is 5. The van der Waals surface area contributed by atoms with Crippen LogP contribution >= 0.6 is 0 Å². The molecule has 188 valence electrons. The fourth-order valence-electron chi connectivity index (χ4n) is 4.41. The molecule has 2 aromatic carbocycles. The molecule has 1 aliphatic rings. The minimum atomic E-state index is -0.139. The fourth-order valence-corrected chi connectivity index (χ4v) is 4.41. The second-order valence-electron chi connectivity index (χ2n) is 9.14. The average Bonchev–Trinajstić information content (AvgIpc) is 3.34. The molecule has 0 aliphatic carbocycles. The molecule has 0 saturated carbocycles. The van der Waals surface area contributed by atoms with E-state index in [2.05, 4.69) is 10.2 Å². The van der Waals surface area contributed by atoms with Crippen molar-refractivity contribution in [2.45, 2.75) is 0 Å². The maximum absolute atomic E-state index is 13.9. The Labute approximate surface area is 214 Å². The quantitative estimate of drug-likeness (QED) is 0.445. The van der Waals surface area contributed by atoms with Crippen LogP contribution in [0, 0.1) is 0 Å². The van der Waals surface area contributed by atoms with Gasteiger partial charge < -0.3 is 19.8 Å². The molecule has 1 aliphatic heterocycles. The molecule has 9 heteroatoms. The molecular formula is C28H28N6O3. The number of carbonyl (C=O) groups is 2. The van der Waals surface area contributed by atoms with Gasteiger partial charge in [0.25, 0.3) is 5.91 Å². The van der Waals surface area contributed by atoms with Gasteiger partial charge in [0.2, 0.25) is 0 Å². The van der Waals surface area contributed by atoms with Crippen molar-refractivity contribution in [1.29, 1.82) is 0 Å². The molecule has 2 N–H and O–H groups in total. The number of carbonyl (C=O) groups excluding carboxylic acids is 2. The van der Waals surface area contributed by atoms with Crippen molar-refractivity contribution in [3.8, 4) is 17.0 Å². The van der Waals surface area contributed by atoms with Crippen LogP contribution in [0.15, 0.2) is 60.7 Å². The third-order valence-corrected chi connectivity index (χ3v) is 6.41. The Bertz CT molecular complexity index is 1450. The number of pyridine rings is 1. The van der Waals surface area contributed by atoms with Crippen molar-refractivity contribution in [2.75, 3.05) is 40.3 Å². The second-order valence-corrected chi connectivity index (χ2v) is 9.14. The van der Waals surface area contributed by atoms with E-state index in [1.807, 2.05) is 42.5 Å². The third-order valence-electron chi connectivity index (χ3n) is 6.41. The highest BCUT2D eigenvalue weighted by molar-refractivity contribution is 6.09. The predicted molar refractivity (Wildman–Crippen MR) is 143 cm³/mol. The van der Waals surface area contributed by atoms with Crippen molar-refractivity contribution in [3.63, 3.8) is 0 Å². The molecular weight excluding hydrogens is 468 g/mol. The topological polar surface area (TPSA) is 106 Å². The summed E-state index contributed by atoms with van der Waals surface area (Å²) in [5, 5.41) is 17.8. The van der Waals surface area contributed by atoms with Crippen LogP contribution in [0.2, 0.25) is 0 Å². The number of benzene rings is 2. The van der Waals surface area contributed by atoms with Gasteiger partial charge in [0.05, 0.1) is 22.3 Å². The van der Waals surface area contributed by atoms with Crippen LogP contribution in [0.3, 0.4) is 0 Å². The molecule has 1 saturated heterocycles. The van der Waals surface area contributed by atoms with Crippen molar-refractivity contribution < 1.29 is 14.7 Å². The van der Waals surface area contributed by atoms with E-state index < -0.39 is 0 Å². The number of piperazine rings is 1. The zero-order chi connectivity index (χ0) is 25.9. The first kappa shape index (κ1) is 24.1. The zero-order valence-electron chi connectivity index (χ0n) is 20.8. The number of phenolic OH excluding ortho intramolecular Hbond substituents is 1. The molecule has 4 aromatic rings. The highest BCUT2D eigenvalue weighted by atomic mass is 16.3. The highest BCUT2D eigenvalue weighted by Gasteiger charge is 2.28. The summed E-state index contributed by atoms with van der Waals surface area (Å²) in [6.07, 6.45) is 3.86. The van der Waals surface area contributed by atoms with Gasteiger partial charge in [-0.25, -0.2) is 9.78 Å². The van der Waals surface area contributed by atoms with Gasteiger partial charge in [-0.1, -0.05) is 36.4 Å². The van der Waals surface area contributed by atoms with Gasteiger partial charge in [0, 0.05) is 45.8 Å². The predicted octanol–water partition coefficient (Wildman–Crippen LogP) is 3.94. The number of nitrogens with one attached hydrogen (secondary N) is 1. The third kappa shape index (κ3) is 5.02. The van der Waals surface area contributed by atoms with Crippen LogP contribution < -0.4 is 0 Å². The number of aromatic nitrogens is 3. The average molecular weight is 497 g/mol. The summed E-state index contributed by atoms with van der Waals surface area (Å²) in [6.45, 7) is 1.80. The number of hydrogen-bond acceptors (Lipinski definition) is 5. The van der Waals surface area contributed by atoms with Crippen molar-refractivity contribution >= 4 is 35.1 Å². The number of aromatic amines is 1. The molecule has 2 aromatic heterocycles. The fraction of sp³-hybridized carbons (Fsp3) is 0.214. The minimum absolute atomic E-state index is 0.0591. The number of amides is 3. The van der Waals surface area contributed by atoms with Crippen LogP contribution in [0.4, 0.5) is 4.79 Å². The monoisotopic (exact) mass is 496 g/mol. The van der Waals surface area contributed by atoms with Crippen molar-refractivity contribution in [2.24, 2.45) is 0 Å². The summed E-state index contributed by atoms with van der Waals surface area (Å²) in [5.41, 5.74) is 3.98. The van der Waals surface area contributed by atoms with Crippen LogP contribution in [0.25, 0.3) is 34.4 Å². The van der Waals surface area contributed by atoms with Gasteiger partial charge in [-0.15, -0.1) is 0 Å². The molecule has 1 fully saturated rings. The smallest absolute Gasteiger partial charge is 0.319 e. The Morgan fingerprint density at radius 1 is 0.946 bits per heavy atom. The van der Waals surface area contributed by atoms with Crippen molar-refractivity contribution in [3.05, 3.63) is 77.5 Å². The van der Waals surface area contributed by atoms with Crippen LogP contribution in [-0.4, -0.2) is 87.2 Å². The molecule has 3 amide bonds. The van der Waals surface area contributed by atoms with Gasteiger partial charge in [-0.05, 0) is 42.0 Å². The first-order valence-corrected chi connectivity index (χ1v) is 12.1. The SMILES string of the molecule is CN(C)C(=O)N1CCN(C(=O)c2cc(-c3ccc(O)cc3)nc3n[nH]c(/C=C/c4ccccc4)c23)CC1. The van der Waals surface area contributed by atoms with Gasteiger partial charge in [-0.2, -0.15) is 5.10 Å². The van der Waals surface area contributed by atoms with E-state index in [0.717, 1.165) is 11.1 Å². The summed E-state index contributed by atoms with van der Waals surface area (Å²) in [6, 6.07) is 18.3. The molecule has 0 spiro atoms. The first-order chi connectivity index (χ1) is 17.9. The van der Waals surface area contributed by atoms with Crippen LogP contribution in [0.1, 0.15) is 21.6 Å². The molecule has 0 atom stereocenters. The van der Waals surface area contributed by atoms with Gasteiger partial charge in [0.1, 0.15) is 5.75 Å². The molecule has 0 unspecified atom stereocenters. The van der Waals surface area contributed by atoms with Crippen LogP contribution in [-0.2, 0) is 0 Å². The van der Waals surface area contributed by atoms with Crippen LogP contribution in [0.5, 0.6) is 5.75 Å². The Morgan fingerprint density at radius 2 is 1.62 bits per heavy atom. The van der Waals surface area contributed by atoms with E-state index >= 15 is 0 Å². The molecule has 0 bridgehead atoms. The number of urea groups is 1. The minimum Gasteiger partial charge on any atom is -0.508 e.